The minimum Gasteiger partial charge on any atom is -0.303 e. The normalized spacial score (nSPS) is 19.3. The first-order valence-corrected chi connectivity index (χ1v) is 7.66. The summed E-state index contributed by atoms with van der Waals surface area (Å²) in [6.07, 6.45) is 15.9. The zero-order chi connectivity index (χ0) is 11.5. The average Bonchev–Trinajstić information content (AvgIpc) is 2.25. The molecule has 0 amide bonds. The smallest absolute Gasteiger partial charge is 0.00187 e. The first-order chi connectivity index (χ1) is 7.93. The highest BCUT2D eigenvalue weighted by Crippen LogP contribution is 2.12. The van der Waals surface area contributed by atoms with Gasteiger partial charge in [0.25, 0.3) is 0 Å². The van der Waals surface area contributed by atoms with Gasteiger partial charge in [-0.25, -0.2) is 0 Å². The molecule has 0 aliphatic carbocycles. The molecule has 0 aromatic carbocycles. The highest BCUT2D eigenvalue weighted by molar-refractivity contribution is 4.62. The van der Waals surface area contributed by atoms with Gasteiger partial charge in [-0.15, -0.1) is 0 Å². The molecular weight excluding hydrogens is 194 g/mol. The third-order valence-corrected chi connectivity index (χ3v) is 3.78. The number of hydrogen-bond donors (Lipinski definition) is 0. The molecule has 1 nitrogen and oxygen atoms in total. The van der Waals surface area contributed by atoms with Gasteiger partial charge in [0.1, 0.15) is 0 Å². The largest absolute Gasteiger partial charge is 0.303 e. The molecule has 0 radical (unpaired) electrons. The molecule has 1 heterocycles. The molecule has 0 bridgehead atoms. The van der Waals surface area contributed by atoms with Crippen LogP contribution in [0.2, 0.25) is 0 Å². The lowest BCUT2D eigenvalue weighted by Crippen LogP contribution is -2.28. The van der Waals surface area contributed by atoms with E-state index in [2.05, 4.69) is 11.8 Å². The van der Waals surface area contributed by atoms with Crippen LogP contribution in [0.3, 0.4) is 0 Å². The lowest BCUT2D eigenvalue weighted by atomic mass is 10.1. The second kappa shape index (κ2) is 10.1. The van der Waals surface area contributed by atoms with Gasteiger partial charge < -0.3 is 4.90 Å². The molecule has 1 aliphatic heterocycles. The van der Waals surface area contributed by atoms with Gasteiger partial charge in [0.15, 0.2) is 0 Å². The van der Waals surface area contributed by atoms with E-state index in [1.165, 1.54) is 90.3 Å². The summed E-state index contributed by atoms with van der Waals surface area (Å²) in [5.74, 6) is 0. The predicted octanol–water partition coefficient (Wildman–Crippen LogP) is 4.61. The van der Waals surface area contributed by atoms with Crippen molar-refractivity contribution in [1.29, 1.82) is 0 Å². The molecule has 0 aromatic rings. The van der Waals surface area contributed by atoms with Gasteiger partial charge in [-0.1, -0.05) is 58.3 Å². The lowest BCUT2D eigenvalue weighted by Gasteiger charge is -2.24. The van der Waals surface area contributed by atoms with Crippen molar-refractivity contribution in [3.8, 4) is 0 Å². The standard InChI is InChI=1S/C15H31N/c1-2-3-4-5-7-10-13-16-14-11-8-6-9-12-15-16/h2-15H2,1H3. The highest BCUT2D eigenvalue weighted by Gasteiger charge is 2.06. The number of rotatable bonds is 7. The van der Waals surface area contributed by atoms with E-state index in [9.17, 15) is 0 Å². The van der Waals surface area contributed by atoms with E-state index >= 15 is 0 Å². The average molecular weight is 225 g/mol. The van der Waals surface area contributed by atoms with Crippen molar-refractivity contribution in [2.75, 3.05) is 19.6 Å². The van der Waals surface area contributed by atoms with Crippen molar-refractivity contribution in [1.82, 2.24) is 4.90 Å². The van der Waals surface area contributed by atoms with Crippen LogP contribution in [0.25, 0.3) is 0 Å². The summed E-state index contributed by atoms with van der Waals surface area (Å²) in [4.78, 5) is 2.71. The van der Waals surface area contributed by atoms with Crippen LogP contribution in [-0.2, 0) is 0 Å². The summed E-state index contributed by atoms with van der Waals surface area (Å²) in [5.41, 5.74) is 0. The van der Waals surface area contributed by atoms with Crippen molar-refractivity contribution < 1.29 is 0 Å². The van der Waals surface area contributed by atoms with Crippen molar-refractivity contribution in [3.63, 3.8) is 0 Å². The Morgan fingerprint density at radius 2 is 1.25 bits per heavy atom. The minimum atomic E-state index is 1.37. The molecule has 0 spiro atoms. The Hall–Kier alpha value is -0.0400. The Morgan fingerprint density at radius 1 is 0.688 bits per heavy atom. The number of likely N-dealkylation sites (tertiary alicyclic amines) is 1. The highest BCUT2D eigenvalue weighted by atomic mass is 15.1. The first kappa shape index (κ1) is 14.0. The van der Waals surface area contributed by atoms with Gasteiger partial charge in [0, 0.05) is 0 Å². The van der Waals surface area contributed by atoms with E-state index in [4.69, 9.17) is 0 Å². The van der Waals surface area contributed by atoms with Crippen LogP contribution < -0.4 is 0 Å². The molecule has 1 rings (SSSR count). The van der Waals surface area contributed by atoms with E-state index in [0.717, 1.165) is 0 Å². The second-order valence-electron chi connectivity index (χ2n) is 5.38. The van der Waals surface area contributed by atoms with Gasteiger partial charge in [0.05, 0.1) is 0 Å². The number of unbranched alkanes of at least 4 members (excludes halogenated alkanes) is 5. The maximum absolute atomic E-state index is 2.71. The minimum absolute atomic E-state index is 1.37. The predicted molar refractivity (Wildman–Crippen MR) is 72.9 cm³/mol. The fourth-order valence-corrected chi connectivity index (χ4v) is 2.65. The maximum atomic E-state index is 2.71. The Kier molecular flexibility index (Phi) is 8.88. The van der Waals surface area contributed by atoms with Crippen LogP contribution >= 0.6 is 0 Å². The van der Waals surface area contributed by atoms with E-state index in [1.54, 1.807) is 0 Å². The SMILES string of the molecule is CCCCCCCCN1CCCCCCC1. The first-order valence-electron chi connectivity index (χ1n) is 7.66. The Labute approximate surface area is 103 Å². The third-order valence-electron chi connectivity index (χ3n) is 3.78. The number of nitrogens with zero attached hydrogens (tertiary/aromatic N) is 1. The number of hydrogen-bond acceptors (Lipinski definition) is 1. The Balaban J connectivity index is 1.93. The van der Waals surface area contributed by atoms with Crippen molar-refractivity contribution in [2.45, 2.75) is 77.6 Å². The molecule has 1 fully saturated rings. The molecule has 1 heteroatoms. The van der Waals surface area contributed by atoms with Gasteiger partial charge in [-0.3, -0.25) is 0 Å². The van der Waals surface area contributed by atoms with Crippen LogP contribution in [0, 0.1) is 0 Å². The van der Waals surface area contributed by atoms with E-state index < -0.39 is 0 Å². The summed E-state index contributed by atoms with van der Waals surface area (Å²) in [6.45, 7) is 6.40. The molecular formula is C15H31N. The molecule has 0 aromatic heterocycles. The zero-order valence-electron chi connectivity index (χ0n) is 11.3. The summed E-state index contributed by atoms with van der Waals surface area (Å²) < 4.78 is 0. The summed E-state index contributed by atoms with van der Waals surface area (Å²) in [5, 5.41) is 0. The lowest BCUT2D eigenvalue weighted by molar-refractivity contribution is 0.242. The van der Waals surface area contributed by atoms with Crippen LogP contribution in [0.1, 0.15) is 77.6 Å². The van der Waals surface area contributed by atoms with E-state index in [1.807, 2.05) is 0 Å². The fourth-order valence-electron chi connectivity index (χ4n) is 2.65. The van der Waals surface area contributed by atoms with Gasteiger partial charge in [-0.2, -0.15) is 0 Å². The molecule has 1 saturated heterocycles. The quantitative estimate of drug-likeness (QED) is 0.572. The van der Waals surface area contributed by atoms with E-state index in [-0.39, 0.29) is 0 Å². The van der Waals surface area contributed by atoms with E-state index in [0.29, 0.717) is 0 Å². The fraction of sp³-hybridized carbons (Fsp3) is 1.00. The zero-order valence-corrected chi connectivity index (χ0v) is 11.3. The van der Waals surface area contributed by atoms with Crippen LogP contribution in [0.5, 0.6) is 0 Å². The maximum Gasteiger partial charge on any atom is -0.00187 e. The van der Waals surface area contributed by atoms with Gasteiger partial charge in [0.2, 0.25) is 0 Å². The van der Waals surface area contributed by atoms with Crippen LogP contribution in [0.15, 0.2) is 0 Å². The van der Waals surface area contributed by atoms with Gasteiger partial charge in [-0.05, 0) is 38.9 Å². The summed E-state index contributed by atoms with van der Waals surface area (Å²) in [7, 11) is 0. The van der Waals surface area contributed by atoms with Crippen molar-refractivity contribution >= 4 is 0 Å². The molecule has 0 atom stereocenters. The summed E-state index contributed by atoms with van der Waals surface area (Å²) in [6, 6.07) is 0. The Morgan fingerprint density at radius 3 is 1.94 bits per heavy atom. The van der Waals surface area contributed by atoms with Crippen molar-refractivity contribution in [2.24, 2.45) is 0 Å². The molecule has 16 heavy (non-hydrogen) atoms. The monoisotopic (exact) mass is 225 g/mol. The third kappa shape index (κ3) is 7.27. The Bertz CT molecular complexity index is 136. The van der Waals surface area contributed by atoms with Gasteiger partial charge >= 0.3 is 0 Å². The van der Waals surface area contributed by atoms with Crippen molar-refractivity contribution in [3.05, 3.63) is 0 Å². The van der Waals surface area contributed by atoms with Crippen LogP contribution in [-0.4, -0.2) is 24.5 Å². The summed E-state index contributed by atoms with van der Waals surface area (Å²) >= 11 is 0. The molecule has 0 unspecified atom stereocenters. The van der Waals surface area contributed by atoms with Crippen LogP contribution in [0.4, 0.5) is 0 Å². The molecule has 96 valence electrons. The molecule has 0 N–H and O–H groups in total. The molecule has 0 saturated carbocycles. The molecule has 1 aliphatic rings. The second-order valence-corrected chi connectivity index (χ2v) is 5.38. The topological polar surface area (TPSA) is 3.24 Å².